The van der Waals surface area contributed by atoms with Gasteiger partial charge in [0.2, 0.25) is 5.91 Å². The maximum atomic E-state index is 12.6. The van der Waals surface area contributed by atoms with Gasteiger partial charge in [-0.25, -0.2) is 4.90 Å². The van der Waals surface area contributed by atoms with Crippen molar-refractivity contribution in [2.24, 2.45) is 0 Å². The van der Waals surface area contributed by atoms with Crippen LogP contribution in [0, 0.1) is 6.92 Å². The Kier molecular flexibility index (Phi) is 4.76. The highest BCUT2D eigenvalue weighted by atomic mass is 16.2. The van der Waals surface area contributed by atoms with Crippen LogP contribution in [-0.2, 0) is 9.59 Å². The van der Waals surface area contributed by atoms with E-state index in [1.807, 2.05) is 54.7 Å². The van der Waals surface area contributed by atoms with Gasteiger partial charge in [0, 0.05) is 5.92 Å². The van der Waals surface area contributed by atoms with Crippen LogP contribution in [0.2, 0.25) is 0 Å². The Morgan fingerprint density at radius 2 is 1.75 bits per heavy atom. The number of nitrogens with zero attached hydrogens (tertiary/aromatic N) is 1. The molecule has 24 heavy (non-hydrogen) atoms. The number of carbonyl (C=O) groups excluding carboxylic acids is 2. The molecule has 1 fully saturated rings. The lowest BCUT2D eigenvalue weighted by atomic mass is 10.0. The van der Waals surface area contributed by atoms with Crippen molar-refractivity contribution in [2.75, 3.05) is 11.4 Å². The highest BCUT2D eigenvalue weighted by molar-refractivity contribution is 6.21. The molecule has 3 rings (SSSR count). The molecule has 2 aromatic rings. The van der Waals surface area contributed by atoms with E-state index in [9.17, 15) is 9.59 Å². The van der Waals surface area contributed by atoms with Crippen molar-refractivity contribution in [3.05, 3.63) is 65.7 Å². The number of amides is 2. The maximum absolute atomic E-state index is 12.6. The van der Waals surface area contributed by atoms with E-state index >= 15 is 0 Å². The van der Waals surface area contributed by atoms with Crippen molar-refractivity contribution in [3.63, 3.8) is 0 Å². The Labute approximate surface area is 142 Å². The third-order valence-corrected chi connectivity index (χ3v) is 4.62. The van der Waals surface area contributed by atoms with Gasteiger partial charge in [-0.1, -0.05) is 55.0 Å². The molecule has 0 aromatic heterocycles. The Balaban J connectivity index is 1.65. The summed E-state index contributed by atoms with van der Waals surface area (Å²) in [6.45, 7) is 4.92. The Bertz CT molecular complexity index is 725. The molecule has 0 saturated carbocycles. The summed E-state index contributed by atoms with van der Waals surface area (Å²) in [6, 6.07) is 17.4. The second-order valence-electron chi connectivity index (χ2n) is 6.50. The first-order valence-corrected chi connectivity index (χ1v) is 8.38. The lowest BCUT2D eigenvalue weighted by molar-refractivity contribution is -0.676. The molecule has 2 amide bonds. The summed E-state index contributed by atoms with van der Waals surface area (Å²) in [6.07, 6.45) is 0.272. The van der Waals surface area contributed by atoms with E-state index in [1.165, 1.54) is 10.5 Å². The Morgan fingerprint density at radius 1 is 1.08 bits per heavy atom. The number of aryl methyl sites for hydroxylation is 1. The first-order chi connectivity index (χ1) is 11.6. The zero-order valence-corrected chi connectivity index (χ0v) is 14.1. The topological polar surface area (TPSA) is 54.0 Å². The van der Waals surface area contributed by atoms with Gasteiger partial charge < -0.3 is 5.32 Å². The monoisotopic (exact) mass is 323 g/mol. The largest absolute Gasteiger partial charge is 0.335 e. The van der Waals surface area contributed by atoms with Gasteiger partial charge in [-0.2, -0.15) is 0 Å². The highest BCUT2D eigenvalue weighted by Gasteiger charge is 2.42. The van der Waals surface area contributed by atoms with Crippen molar-refractivity contribution in [2.45, 2.75) is 32.2 Å². The second-order valence-corrected chi connectivity index (χ2v) is 6.50. The van der Waals surface area contributed by atoms with E-state index in [4.69, 9.17) is 0 Å². The van der Waals surface area contributed by atoms with Crippen LogP contribution in [0.15, 0.2) is 54.6 Å². The number of quaternary nitrogens is 1. The summed E-state index contributed by atoms with van der Waals surface area (Å²) >= 11 is 0. The standard InChI is InChI=1S/C20H22N2O2/c1-14-8-10-17(11-9-14)22-19(23)12-18(20(22)24)21-13-15(2)16-6-4-3-5-7-16/h3-11,15,18,21H,12-13H2,1-2H3/p+1/t15-,18+/m0/s1. The summed E-state index contributed by atoms with van der Waals surface area (Å²) in [5, 5.41) is 2.01. The molecule has 4 heteroatoms. The van der Waals surface area contributed by atoms with Gasteiger partial charge in [0.1, 0.15) is 0 Å². The van der Waals surface area contributed by atoms with Crippen molar-refractivity contribution in [3.8, 4) is 0 Å². The van der Waals surface area contributed by atoms with E-state index < -0.39 is 0 Å². The second kappa shape index (κ2) is 6.97. The van der Waals surface area contributed by atoms with Crippen LogP contribution in [-0.4, -0.2) is 24.4 Å². The van der Waals surface area contributed by atoms with E-state index in [0.717, 1.165) is 12.1 Å². The van der Waals surface area contributed by atoms with E-state index in [-0.39, 0.29) is 24.3 Å². The average molecular weight is 323 g/mol. The lowest BCUT2D eigenvalue weighted by Gasteiger charge is -2.16. The normalized spacial score (nSPS) is 18.9. The highest BCUT2D eigenvalue weighted by Crippen LogP contribution is 2.22. The number of anilines is 1. The third kappa shape index (κ3) is 3.39. The van der Waals surface area contributed by atoms with E-state index in [2.05, 4.69) is 19.1 Å². The fourth-order valence-corrected chi connectivity index (χ4v) is 3.09. The van der Waals surface area contributed by atoms with Crippen molar-refractivity contribution in [1.82, 2.24) is 0 Å². The van der Waals surface area contributed by atoms with Gasteiger partial charge in [-0.3, -0.25) is 9.59 Å². The molecule has 0 bridgehead atoms. The molecule has 2 atom stereocenters. The van der Waals surface area contributed by atoms with Gasteiger partial charge in [-0.15, -0.1) is 0 Å². The fraction of sp³-hybridized carbons (Fsp3) is 0.300. The molecule has 1 aliphatic rings. The smallest absolute Gasteiger partial charge is 0.292 e. The van der Waals surface area contributed by atoms with E-state index in [0.29, 0.717) is 11.6 Å². The van der Waals surface area contributed by atoms with Crippen LogP contribution in [0.25, 0.3) is 0 Å². The quantitative estimate of drug-likeness (QED) is 0.856. The average Bonchev–Trinajstić information content (AvgIpc) is 2.88. The lowest BCUT2D eigenvalue weighted by Crippen LogP contribution is -2.92. The number of imide groups is 1. The molecular weight excluding hydrogens is 300 g/mol. The van der Waals surface area contributed by atoms with Gasteiger partial charge in [0.25, 0.3) is 5.91 Å². The van der Waals surface area contributed by atoms with Crippen LogP contribution in [0.3, 0.4) is 0 Å². The summed E-state index contributed by atoms with van der Waals surface area (Å²) in [7, 11) is 0. The van der Waals surface area contributed by atoms with E-state index in [1.54, 1.807) is 0 Å². The molecule has 0 unspecified atom stereocenters. The molecule has 0 aliphatic carbocycles. The van der Waals surface area contributed by atoms with Gasteiger partial charge in [0.15, 0.2) is 6.04 Å². The Morgan fingerprint density at radius 3 is 2.42 bits per heavy atom. The molecule has 0 radical (unpaired) electrons. The van der Waals surface area contributed by atoms with Crippen LogP contribution in [0.4, 0.5) is 5.69 Å². The number of carbonyl (C=O) groups is 2. The number of rotatable bonds is 5. The third-order valence-electron chi connectivity index (χ3n) is 4.62. The van der Waals surface area contributed by atoms with Crippen LogP contribution >= 0.6 is 0 Å². The minimum Gasteiger partial charge on any atom is -0.335 e. The van der Waals surface area contributed by atoms with Crippen molar-refractivity contribution < 1.29 is 14.9 Å². The SMILES string of the molecule is Cc1ccc(N2C(=O)C[C@@H]([NH2+]C[C@H](C)c3ccccc3)C2=O)cc1. The first-order valence-electron chi connectivity index (χ1n) is 8.38. The molecule has 1 heterocycles. The number of nitrogens with two attached hydrogens (primary N) is 1. The summed E-state index contributed by atoms with van der Waals surface area (Å²) in [4.78, 5) is 26.2. The van der Waals surface area contributed by atoms with Crippen molar-refractivity contribution >= 4 is 17.5 Å². The molecule has 2 aromatic carbocycles. The molecular formula is C20H23N2O2+. The molecule has 1 aliphatic heterocycles. The predicted molar refractivity (Wildman–Crippen MR) is 93.7 cm³/mol. The summed E-state index contributed by atoms with van der Waals surface area (Å²) in [5.41, 5.74) is 3.03. The first kappa shape index (κ1) is 16.4. The van der Waals surface area contributed by atoms with Crippen LogP contribution in [0.5, 0.6) is 0 Å². The zero-order chi connectivity index (χ0) is 17.1. The maximum Gasteiger partial charge on any atom is 0.292 e. The summed E-state index contributed by atoms with van der Waals surface area (Å²) < 4.78 is 0. The predicted octanol–water partition coefficient (Wildman–Crippen LogP) is 1.99. The zero-order valence-electron chi connectivity index (χ0n) is 14.1. The minimum atomic E-state index is -0.315. The number of hydrogen-bond donors (Lipinski definition) is 1. The van der Waals surface area contributed by atoms with Crippen molar-refractivity contribution in [1.29, 1.82) is 0 Å². The fourth-order valence-electron chi connectivity index (χ4n) is 3.09. The Hall–Kier alpha value is -2.46. The van der Waals surface area contributed by atoms with Gasteiger partial charge in [-0.05, 0) is 24.6 Å². The van der Waals surface area contributed by atoms with Crippen LogP contribution in [0.1, 0.15) is 30.4 Å². The molecule has 124 valence electrons. The molecule has 1 saturated heterocycles. The number of benzene rings is 2. The van der Waals surface area contributed by atoms with Gasteiger partial charge >= 0.3 is 0 Å². The minimum absolute atomic E-state index is 0.107. The molecule has 0 spiro atoms. The summed E-state index contributed by atoms with van der Waals surface area (Å²) in [5.74, 6) is 0.115. The number of hydrogen-bond acceptors (Lipinski definition) is 2. The molecule has 2 N–H and O–H groups in total. The van der Waals surface area contributed by atoms with Crippen LogP contribution < -0.4 is 10.2 Å². The van der Waals surface area contributed by atoms with Gasteiger partial charge in [0.05, 0.1) is 18.7 Å². The molecule has 4 nitrogen and oxygen atoms in total.